The second-order valence-corrected chi connectivity index (χ2v) is 9.27. The maximum atomic E-state index is 12.9. The zero-order valence-corrected chi connectivity index (χ0v) is 17.0. The lowest BCUT2D eigenvalue weighted by Gasteiger charge is -2.37. The first-order valence-electron chi connectivity index (χ1n) is 9.34. The summed E-state index contributed by atoms with van der Waals surface area (Å²) in [6.07, 6.45) is 3.60. The molecule has 7 heteroatoms. The molecule has 2 rings (SSSR count). The Morgan fingerprint density at radius 1 is 1.31 bits per heavy atom. The van der Waals surface area contributed by atoms with Gasteiger partial charge in [0.15, 0.2) is 0 Å². The van der Waals surface area contributed by atoms with Crippen LogP contribution in [0, 0.1) is 12.8 Å². The molecule has 146 valence electrons. The number of nitrogens with two attached hydrogens (primary N) is 1. The van der Waals surface area contributed by atoms with Crippen molar-refractivity contribution >= 4 is 21.6 Å². The van der Waals surface area contributed by atoms with Crippen LogP contribution in [0.15, 0.2) is 23.1 Å². The standard InChI is InChI=1S/C19H31N3O3S/c1-5-22(6-2)26(24,25)17-13-15(11-10-14(17)3)21-18(23)16-9-7-8-12-19(16,4)20/h10-11,13,16H,5-9,12,20H2,1-4H3,(H,21,23). The van der Waals surface area contributed by atoms with E-state index < -0.39 is 15.6 Å². The van der Waals surface area contributed by atoms with Crippen LogP contribution in [-0.2, 0) is 14.8 Å². The predicted molar refractivity (Wildman–Crippen MR) is 104 cm³/mol. The van der Waals surface area contributed by atoms with Crippen LogP contribution >= 0.6 is 0 Å². The van der Waals surface area contributed by atoms with Crippen molar-refractivity contribution in [3.63, 3.8) is 0 Å². The van der Waals surface area contributed by atoms with Gasteiger partial charge in [0, 0.05) is 24.3 Å². The van der Waals surface area contributed by atoms with Crippen molar-refractivity contribution in [2.75, 3.05) is 18.4 Å². The van der Waals surface area contributed by atoms with Gasteiger partial charge in [-0.05, 0) is 44.4 Å². The third kappa shape index (κ3) is 4.27. The molecule has 1 aromatic rings. The molecule has 0 radical (unpaired) electrons. The number of carbonyl (C=O) groups excluding carboxylic acids is 1. The Kier molecular flexibility index (Phi) is 6.47. The molecule has 1 aliphatic carbocycles. The average Bonchev–Trinajstić information content (AvgIpc) is 2.56. The third-order valence-corrected chi connectivity index (χ3v) is 7.54. The van der Waals surface area contributed by atoms with Gasteiger partial charge in [0.25, 0.3) is 0 Å². The molecule has 6 nitrogen and oxygen atoms in total. The number of anilines is 1. The van der Waals surface area contributed by atoms with Gasteiger partial charge in [0.2, 0.25) is 15.9 Å². The molecular weight excluding hydrogens is 350 g/mol. The minimum atomic E-state index is -3.58. The highest BCUT2D eigenvalue weighted by Gasteiger charge is 2.37. The minimum absolute atomic E-state index is 0.134. The fourth-order valence-electron chi connectivity index (χ4n) is 3.68. The van der Waals surface area contributed by atoms with Gasteiger partial charge in [0.05, 0.1) is 10.8 Å². The van der Waals surface area contributed by atoms with Crippen molar-refractivity contribution < 1.29 is 13.2 Å². The van der Waals surface area contributed by atoms with Crippen molar-refractivity contribution in [2.45, 2.75) is 63.8 Å². The summed E-state index contributed by atoms with van der Waals surface area (Å²) in [4.78, 5) is 13.0. The molecule has 2 atom stereocenters. The van der Waals surface area contributed by atoms with Crippen LogP contribution < -0.4 is 11.1 Å². The van der Waals surface area contributed by atoms with Crippen molar-refractivity contribution in [2.24, 2.45) is 11.7 Å². The molecule has 3 N–H and O–H groups in total. The van der Waals surface area contributed by atoms with Crippen molar-refractivity contribution in [3.05, 3.63) is 23.8 Å². The SMILES string of the molecule is CCN(CC)S(=O)(=O)c1cc(NC(=O)C2CCCCC2(C)N)ccc1C. The zero-order chi connectivity index (χ0) is 19.5. The lowest BCUT2D eigenvalue weighted by atomic mass is 9.74. The quantitative estimate of drug-likeness (QED) is 0.792. The third-order valence-electron chi connectivity index (χ3n) is 5.35. The number of nitrogens with zero attached hydrogens (tertiary/aromatic N) is 1. The molecule has 2 unspecified atom stereocenters. The summed E-state index contributed by atoms with van der Waals surface area (Å²) < 4.78 is 27.1. The van der Waals surface area contributed by atoms with Gasteiger partial charge >= 0.3 is 0 Å². The number of amides is 1. The van der Waals surface area contributed by atoms with Crippen molar-refractivity contribution in [3.8, 4) is 0 Å². The molecule has 0 heterocycles. The average molecular weight is 382 g/mol. The number of rotatable bonds is 6. The summed E-state index contributed by atoms with van der Waals surface area (Å²) in [7, 11) is -3.58. The molecule has 26 heavy (non-hydrogen) atoms. The van der Waals surface area contributed by atoms with E-state index in [1.54, 1.807) is 25.1 Å². The number of hydrogen-bond acceptors (Lipinski definition) is 4. The molecule has 0 bridgehead atoms. The van der Waals surface area contributed by atoms with E-state index in [-0.39, 0.29) is 16.7 Å². The highest BCUT2D eigenvalue weighted by atomic mass is 32.2. The maximum absolute atomic E-state index is 12.9. The van der Waals surface area contributed by atoms with E-state index in [0.29, 0.717) is 24.3 Å². The van der Waals surface area contributed by atoms with Crippen LogP contribution in [0.25, 0.3) is 0 Å². The molecule has 0 spiro atoms. The van der Waals surface area contributed by atoms with Gasteiger partial charge in [0.1, 0.15) is 0 Å². The Labute approximate surface area is 157 Å². The minimum Gasteiger partial charge on any atom is -0.326 e. The number of benzene rings is 1. The van der Waals surface area contributed by atoms with Crippen molar-refractivity contribution in [1.82, 2.24) is 4.31 Å². The summed E-state index contributed by atoms with van der Waals surface area (Å²) in [5, 5.41) is 2.88. The number of hydrogen-bond donors (Lipinski definition) is 2. The van der Waals surface area contributed by atoms with Gasteiger partial charge in [-0.2, -0.15) is 4.31 Å². The summed E-state index contributed by atoms with van der Waals surface area (Å²) in [6.45, 7) is 8.12. The second kappa shape index (κ2) is 8.06. The fraction of sp³-hybridized carbons (Fsp3) is 0.632. The highest BCUT2D eigenvalue weighted by molar-refractivity contribution is 7.89. The summed E-state index contributed by atoms with van der Waals surface area (Å²) in [5.74, 6) is -0.398. The van der Waals surface area contributed by atoms with E-state index >= 15 is 0 Å². The van der Waals surface area contributed by atoms with E-state index in [1.165, 1.54) is 4.31 Å². The normalized spacial score (nSPS) is 23.8. The first-order chi connectivity index (χ1) is 12.1. The van der Waals surface area contributed by atoms with Crippen molar-refractivity contribution in [1.29, 1.82) is 0 Å². The lowest BCUT2D eigenvalue weighted by Crippen LogP contribution is -2.51. The molecule has 1 fully saturated rings. The number of carbonyl (C=O) groups is 1. The maximum Gasteiger partial charge on any atom is 0.243 e. The largest absolute Gasteiger partial charge is 0.326 e. The van der Waals surface area contributed by atoms with Gasteiger partial charge in [-0.1, -0.05) is 32.8 Å². The van der Waals surface area contributed by atoms with Crippen LogP contribution in [0.4, 0.5) is 5.69 Å². The lowest BCUT2D eigenvalue weighted by molar-refractivity contribution is -0.122. The van der Waals surface area contributed by atoms with Gasteiger partial charge < -0.3 is 11.1 Å². The van der Waals surface area contributed by atoms with E-state index in [1.807, 2.05) is 20.8 Å². The molecule has 1 amide bonds. The molecule has 0 aromatic heterocycles. The Balaban J connectivity index is 2.28. The second-order valence-electron chi connectivity index (χ2n) is 7.36. The smallest absolute Gasteiger partial charge is 0.243 e. The fourth-order valence-corrected chi connectivity index (χ4v) is 5.39. The van der Waals surface area contributed by atoms with Crippen LogP contribution in [0.5, 0.6) is 0 Å². The Hall–Kier alpha value is -1.44. The van der Waals surface area contributed by atoms with Gasteiger partial charge in [-0.25, -0.2) is 8.42 Å². The van der Waals surface area contributed by atoms with Crippen LogP contribution in [0.2, 0.25) is 0 Å². The Morgan fingerprint density at radius 2 is 1.96 bits per heavy atom. The highest BCUT2D eigenvalue weighted by Crippen LogP contribution is 2.33. The summed E-state index contributed by atoms with van der Waals surface area (Å²) in [5.41, 5.74) is 6.94. The summed E-state index contributed by atoms with van der Waals surface area (Å²) in [6, 6.07) is 5.03. The molecule has 1 aromatic carbocycles. The number of nitrogens with one attached hydrogen (secondary N) is 1. The van der Waals surface area contributed by atoms with E-state index in [2.05, 4.69) is 5.32 Å². The first-order valence-corrected chi connectivity index (χ1v) is 10.8. The first kappa shape index (κ1) is 20.9. The van der Waals surface area contributed by atoms with E-state index in [0.717, 1.165) is 25.7 Å². The summed E-state index contributed by atoms with van der Waals surface area (Å²) >= 11 is 0. The Morgan fingerprint density at radius 3 is 2.54 bits per heavy atom. The zero-order valence-electron chi connectivity index (χ0n) is 16.2. The molecule has 0 saturated heterocycles. The number of sulfonamides is 1. The monoisotopic (exact) mass is 381 g/mol. The van der Waals surface area contributed by atoms with E-state index in [4.69, 9.17) is 5.73 Å². The van der Waals surface area contributed by atoms with E-state index in [9.17, 15) is 13.2 Å². The molecular formula is C19H31N3O3S. The van der Waals surface area contributed by atoms with Crippen LogP contribution in [-0.4, -0.2) is 37.3 Å². The van der Waals surface area contributed by atoms with Gasteiger partial charge in [-0.15, -0.1) is 0 Å². The molecule has 1 aliphatic rings. The van der Waals surface area contributed by atoms with Gasteiger partial charge in [-0.3, -0.25) is 4.79 Å². The number of aryl methyl sites for hydroxylation is 1. The molecule has 1 saturated carbocycles. The van der Waals surface area contributed by atoms with Crippen LogP contribution in [0.3, 0.4) is 0 Å². The Bertz CT molecular complexity index is 755. The molecule has 0 aliphatic heterocycles. The topological polar surface area (TPSA) is 92.5 Å². The van der Waals surface area contributed by atoms with Crippen LogP contribution in [0.1, 0.15) is 52.0 Å². The predicted octanol–water partition coefficient (Wildman–Crippen LogP) is 2.87.